The smallest absolute Gasteiger partial charge is 0.220 e. The number of unbranched alkanes of at least 4 members (excludes halogenated alkanes) is 23. The van der Waals surface area contributed by atoms with Crippen LogP contribution >= 0.6 is 0 Å². The number of aliphatic hydroxyl groups excluding tert-OH is 11. The highest BCUT2D eigenvalue weighted by Gasteiger charge is 2.53. The van der Waals surface area contributed by atoms with Crippen molar-refractivity contribution in [3.63, 3.8) is 0 Å². The summed E-state index contributed by atoms with van der Waals surface area (Å²) >= 11 is 0. The van der Waals surface area contributed by atoms with Gasteiger partial charge in [0, 0.05) is 6.42 Å². The number of allylic oxidation sites excluding steroid dienone is 13. The largest absolute Gasteiger partial charge is 0.394 e. The molecule has 12 N–H and O–H groups in total. The summed E-state index contributed by atoms with van der Waals surface area (Å²) in [6.45, 7) is 1.59. The van der Waals surface area contributed by atoms with Gasteiger partial charge >= 0.3 is 0 Å². The normalized spacial score (nSPS) is 28.8. The van der Waals surface area contributed by atoms with Gasteiger partial charge in [0.1, 0.15) is 73.2 Å². The average molecular weight is 1260 g/mol. The molecule has 17 unspecified atom stereocenters. The number of carbonyl (C=O) groups is 1. The van der Waals surface area contributed by atoms with E-state index in [1.54, 1.807) is 6.08 Å². The lowest BCUT2D eigenvalue weighted by molar-refractivity contribution is -0.379. The molecule has 3 rings (SSSR count). The van der Waals surface area contributed by atoms with E-state index in [1.165, 1.54) is 103 Å². The van der Waals surface area contributed by atoms with Crippen LogP contribution in [-0.2, 0) is 33.2 Å². The predicted octanol–water partition coefficient (Wildman–Crippen LogP) is 8.71. The standard InChI is InChI=1S/C70H121NO18/c1-3-5-7-9-11-13-15-17-19-21-23-25-26-28-30-32-34-36-38-40-42-44-46-48-58(76)71-53(54(75)47-45-43-41-39-37-35-33-31-29-27-24-22-20-18-16-14-12-10-8-6-4-2)52-84-68-64(82)61(79)66(56(50-73)86-68)89-70-65(83)62(80)67(57(51-74)87-70)88-69-63(81)60(78)59(77)55(49-72)85-69/h5,7,11,13,17,19,23,25,29,31,37,39,45,47,53-57,59-70,72-75,77-83H,3-4,6,8-10,12,14-16,18,20-22,24,26-28,30,32-36,38,40-44,46,48-52H2,1-2H3,(H,71,76)/b7-5-,13-11-,19-17-,25-23-,31-29+,39-37+,47-45+. The zero-order valence-electron chi connectivity index (χ0n) is 54.1. The minimum absolute atomic E-state index is 0.222. The average Bonchev–Trinajstić information content (AvgIpc) is 2.09. The number of carbonyl (C=O) groups excluding carboxylic acids is 1. The first-order valence-electron chi connectivity index (χ1n) is 34.3. The monoisotopic (exact) mass is 1260 g/mol. The van der Waals surface area contributed by atoms with E-state index >= 15 is 0 Å². The Labute approximate surface area is 533 Å². The second kappa shape index (κ2) is 51.4. The van der Waals surface area contributed by atoms with E-state index in [1.807, 2.05) is 6.08 Å². The number of hydrogen-bond acceptors (Lipinski definition) is 18. The minimum atomic E-state index is -1.99. The summed E-state index contributed by atoms with van der Waals surface area (Å²) in [6, 6.07) is -1.00. The molecule has 0 saturated carbocycles. The Morgan fingerprint density at radius 3 is 1.26 bits per heavy atom. The van der Waals surface area contributed by atoms with Crippen molar-refractivity contribution in [2.75, 3.05) is 26.4 Å². The fraction of sp³-hybridized carbons (Fsp3) is 0.786. The highest BCUT2D eigenvalue weighted by atomic mass is 16.8. The molecule has 89 heavy (non-hydrogen) atoms. The van der Waals surface area contributed by atoms with Crippen molar-refractivity contribution < 1.29 is 89.4 Å². The fourth-order valence-corrected chi connectivity index (χ4v) is 11.1. The van der Waals surface area contributed by atoms with Gasteiger partial charge in [-0.1, -0.05) is 214 Å². The van der Waals surface area contributed by atoms with Crippen molar-refractivity contribution in [1.82, 2.24) is 5.32 Å². The number of rotatable bonds is 51. The Morgan fingerprint density at radius 1 is 0.416 bits per heavy atom. The van der Waals surface area contributed by atoms with Crippen LogP contribution in [0.25, 0.3) is 0 Å². The molecule has 3 aliphatic rings. The third kappa shape index (κ3) is 33.6. The predicted molar refractivity (Wildman–Crippen MR) is 346 cm³/mol. The molecule has 19 heteroatoms. The van der Waals surface area contributed by atoms with Crippen LogP contribution in [-0.4, -0.2) is 193 Å². The number of hydrogen-bond donors (Lipinski definition) is 12. The molecule has 0 aliphatic carbocycles. The molecule has 0 bridgehead atoms. The summed E-state index contributed by atoms with van der Waals surface area (Å²) in [7, 11) is 0. The maximum Gasteiger partial charge on any atom is 0.220 e. The van der Waals surface area contributed by atoms with Gasteiger partial charge in [0.25, 0.3) is 0 Å². The van der Waals surface area contributed by atoms with Crippen LogP contribution in [0.4, 0.5) is 0 Å². The van der Waals surface area contributed by atoms with E-state index in [4.69, 9.17) is 28.4 Å². The van der Waals surface area contributed by atoms with Gasteiger partial charge in [0.2, 0.25) is 5.91 Å². The molecular formula is C70H121NO18. The third-order valence-corrected chi connectivity index (χ3v) is 16.7. The molecule has 17 atom stereocenters. The molecule has 3 aliphatic heterocycles. The van der Waals surface area contributed by atoms with E-state index in [9.17, 15) is 61.0 Å². The summed E-state index contributed by atoms with van der Waals surface area (Å²) in [5, 5.41) is 120. The molecule has 3 heterocycles. The Balaban J connectivity index is 1.47. The highest BCUT2D eigenvalue weighted by molar-refractivity contribution is 5.76. The SMILES string of the molecule is CC/C=C\C/C=C\C/C=C\C/C=C\CCCCCCCCCCCCC(=O)NC(COC1OC(CO)C(OC2OC(CO)C(OC3OC(CO)C(O)C(O)C3O)C(O)C2O)C(O)C1O)C(O)/C=C/CC/C=C/CC/C=C/CCCCCCCCCCCCC. The molecule has 19 nitrogen and oxygen atoms in total. The molecule has 0 aromatic heterocycles. The quantitative estimate of drug-likeness (QED) is 0.0200. The van der Waals surface area contributed by atoms with Crippen LogP contribution in [0.15, 0.2) is 85.1 Å². The van der Waals surface area contributed by atoms with Crippen molar-refractivity contribution in [3.8, 4) is 0 Å². The maximum atomic E-state index is 13.4. The maximum absolute atomic E-state index is 13.4. The van der Waals surface area contributed by atoms with E-state index in [-0.39, 0.29) is 18.9 Å². The number of ether oxygens (including phenoxy) is 6. The van der Waals surface area contributed by atoms with Crippen LogP contribution in [0, 0.1) is 0 Å². The van der Waals surface area contributed by atoms with E-state index in [0.717, 1.165) is 83.5 Å². The first kappa shape index (κ1) is 80.2. The van der Waals surface area contributed by atoms with E-state index in [2.05, 4.69) is 92.1 Å². The summed E-state index contributed by atoms with van der Waals surface area (Å²) < 4.78 is 34.3. The van der Waals surface area contributed by atoms with Crippen LogP contribution in [0.3, 0.4) is 0 Å². The van der Waals surface area contributed by atoms with Gasteiger partial charge in [-0.15, -0.1) is 0 Å². The molecule has 0 spiro atoms. The van der Waals surface area contributed by atoms with Gasteiger partial charge < -0.3 is 89.9 Å². The van der Waals surface area contributed by atoms with Gasteiger partial charge in [-0.25, -0.2) is 0 Å². The third-order valence-electron chi connectivity index (χ3n) is 16.7. The number of aliphatic hydroxyl groups is 11. The Kier molecular flexibility index (Phi) is 46.3. The Bertz CT molecular complexity index is 1940. The summed E-state index contributed by atoms with van der Waals surface area (Å²) in [4.78, 5) is 13.4. The van der Waals surface area contributed by atoms with Crippen LogP contribution in [0.2, 0.25) is 0 Å². The summed E-state index contributed by atoms with van der Waals surface area (Å²) in [6.07, 6.45) is 38.4. The zero-order valence-corrected chi connectivity index (χ0v) is 54.1. The second-order valence-electron chi connectivity index (χ2n) is 24.2. The summed E-state index contributed by atoms with van der Waals surface area (Å²) in [5.41, 5.74) is 0. The molecule has 0 aromatic rings. The first-order valence-corrected chi connectivity index (χ1v) is 34.3. The molecular weight excluding hydrogens is 1140 g/mol. The van der Waals surface area contributed by atoms with Crippen molar-refractivity contribution in [3.05, 3.63) is 85.1 Å². The van der Waals surface area contributed by atoms with E-state index < -0.39 is 124 Å². The van der Waals surface area contributed by atoms with Crippen LogP contribution in [0.5, 0.6) is 0 Å². The fourth-order valence-electron chi connectivity index (χ4n) is 11.1. The second-order valence-corrected chi connectivity index (χ2v) is 24.2. The summed E-state index contributed by atoms with van der Waals surface area (Å²) in [5.74, 6) is -0.297. The Morgan fingerprint density at radius 2 is 0.787 bits per heavy atom. The van der Waals surface area contributed by atoms with Gasteiger partial charge in [-0.2, -0.15) is 0 Å². The number of amides is 1. The number of nitrogens with one attached hydrogen (secondary N) is 1. The van der Waals surface area contributed by atoms with Gasteiger partial charge in [0.05, 0.1) is 38.6 Å². The van der Waals surface area contributed by atoms with Crippen molar-refractivity contribution in [2.24, 2.45) is 0 Å². The van der Waals surface area contributed by atoms with Gasteiger partial charge in [0.15, 0.2) is 18.9 Å². The molecule has 3 fully saturated rings. The molecule has 0 aromatic carbocycles. The molecule has 3 saturated heterocycles. The lowest BCUT2D eigenvalue weighted by Crippen LogP contribution is -2.66. The minimum Gasteiger partial charge on any atom is -0.394 e. The molecule has 1 amide bonds. The lowest BCUT2D eigenvalue weighted by atomic mass is 9.96. The van der Waals surface area contributed by atoms with Crippen LogP contribution in [0.1, 0.15) is 219 Å². The van der Waals surface area contributed by atoms with Crippen molar-refractivity contribution >= 4 is 5.91 Å². The zero-order chi connectivity index (χ0) is 64.7. The molecule has 0 radical (unpaired) electrons. The topological polar surface area (TPSA) is 307 Å². The molecule has 514 valence electrons. The van der Waals surface area contributed by atoms with Crippen molar-refractivity contribution in [1.29, 1.82) is 0 Å². The first-order chi connectivity index (χ1) is 43.3. The van der Waals surface area contributed by atoms with Gasteiger partial charge in [-0.3, -0.25) is 4.79 Å². The van der Waals surface area contributed by atoms with E-state index in [0.29, 0.717) is 12.8 Å². The Hall–Kier alpha value is -3.03. The van der Waals surface area contributed by atoms with Gasteiger partial charge in [-0.05, 0) is 83.5 Å². The lowest BCUT2D eigenvalue weighted by Gasteiger charge is -2.48. The van der Waals surface area contributed by atoms with Crippen molar-refractivity contribution in [2.45, 2.75) is 324 Å². The highest BCUT2D eigenvalue weighted by Crippen LogP contribution is 2.33. The van der Waals surface area contributed by atoms with Crippen LogP contribution < -0.4 is 5.32 Å².